The van der Waals surface area contributed by atoms with Crippen molar-refractivity contribution < 1.29 is 13.2 Å². The number of nitrogens with zero attached hydrogens (tertiary/aromatic N) is 4. The summed E-state index contributed by atoms with van der Waals surface area (Å²) in [6.45, 7) is 6.62. The number of aromatic nitrogens is 2. The number of unbranched alkanes of at least 4 members (excludes halogenated alkanes) is 1. The van der Waals surface area contributed by atoms with Crippen LogP contribution in [0.3, 0.4) is 0 Å². The van der Waals surface area contributed by atoms with E-state index in [4.69, 9.17) is 0 Å². The molecule has 1 aromatic heterocycles. The highest BCUT2D eigenvalue weighted by atomic mass is 19.4. The van der Waals surface area contributed by atoms with Crippen molar-refractivity contribution >= 4 is 11.6 Å². The van der Waals surface area contributed by atoms with Crippen LogP contribution in [0.2, 0.25) is 0 Å². The van der Waals surface area contributed by atoms with Crippen LogP contribution in [0.5, 0.6) is 0 Å². The monoisotopic (exact) mass is 440 g/mol. The third kappa shape index (κ3) is 6.26. The fraction of sp³-hybridized carbons (Fsp3) is 0.833. The van der Waals surface area contributed by atoms with Crippen LogP contribution in [-0.2, 0) is 6.18 Å². The highest BCUT2D eigenvalue weighted by molar-refractivity contribution is 5.51. The van der Waals surface area contributed by atoms with Gasteiger partial charge < -0.3 is 9.80 Å². The Labute approximate surface area is 185 Å². The number of anilines is 2. The van der Waals surface area contributed by atoms with Gasteiger partial charge >= 0.3 is 6.18 Å². The van der Waals surface area contributed by atoms with Gasteiger partial charge in [-0.3, -0.25) is 0 Å². The van der Waals surface area contributed by atoms with Crippen LogP contribution in [0, 0.1) is 11.3 Å². The highest BCUT2D eigenvalue weighted by Crippen LogP contribution is 2.44. The minimum Gasteiger partial charge on any atom is -0.359 e. The molecule has 1 saturated heterocycles. The predicted octanol–water partition coefficient (Wildman–Crippen LogP) is 6.70. The number of hydrogen-bond acceptors (Lipinski definition) is 4. The molecule has 1 aliphatic carbocycles. The number of halogens is 3. The molecule has 2 fully saturated rings. The average molecular weight is 441 g/mol. The summed E-state index contributed by atoms with van der Waals surface area (Å²) in [6, 6.07) is 1.78. The quantitative estimate of drug-likeness (QED) is 0.450. The first-order valence-electron chi connectivity index (χ1n) is 12.2. The molecule has 1 aliphatic heterocycles. The van der Waals surface area contributed by atoms with Crippen LogP contribution in [0.1, 0.15) is 90.3 Å². The molecule has 1 aromatic rings. The van der Waals surface area contributed by atoms with Gasteiger partial charge in [-0.1, -0.05) is 52.4 Å². The van der Waals surface area contributed by atoms with E-state index < -0.39 is 12.0 Å². The first kappa shape index (κ1) is 24.1. The molecule has 7 heteroatoms. The van der Waals surface area contributed by atoms with E-state index in [0.717, 1.165) is 45.2 Å². The van der Waals surface area contributed by atoms with E-state index in [1.54, 1.807) is 6.07 Å². The Bertz CT molecular complexity index is 695. The number of piperidine rings is 1. The van der Waals surface area contributed by atoms with Gasteiger partial charge in [-0.15, -0.1) is 0 Å². The van der Waals surface area contributed by atoms with E-state index in [0.29, 0.717) is 24.1 Å². The minimum atomic E-state index is -4.55. The zero-order valence-corrected chi connectivity index (χ0v) is 19.5. The smallest absolute Gasteiger partial charge is 0.359 e. The molecule has 2 aliphatic rings. The standard InChI is InChI=1S/C24H39F3N4/c1-4-6-11-19(5-2)17-30(3)20-16-21(29-22(28-20)24(25,26)27)31-15-10-14-23(18-31)12-8-7-9-13-23/h16,19H,4-15,17-18H2,1-3H3. The fourth-order valence-corrected chi connectivity index (χ4v) is 5.42. The van der Waals surface area contributed by atoms with Gasteiger partial charge in [-0.05, 0) is 43.4 Å². The summed E-state index contributed by atoms with van der Waals surface area (Å²) in [4.78, 5) is 11.9. The number of rotatable bonds is 8. The van der Waals surface area contributed by atoms with Crippen LogP contribution < -0.4 is 9.80 Å². The van der Waals surface area contributed by atoms with E-state index >= 15 is 0 Å². The van der Waals surface area contributed by atoms with Crippen molar-refractivity contribution in [3.63, 3.8) is 0 Å². The summed E-state index contributed by atoms with van der Waals surface area (Å²) < 4.78 is 41.0. The van der Waals surface area contributed by atoms with Crippen molar-refractivity contribution in [3.05, 3.63) is 11.9 Å². The second-order valence-corrected chi connectivity index (χ2v) is 9.79. The Kier molecular flexibility index (Phi) is 8.08. The van der Waals surface area contributed by atoms with Crippen molar-refractivity contribution in [1.82, 2.24) is 9.97 Å². The summed E-state index contributed by atoms with van der Waals surface area (Å²) in [5.41, 5.74) is 0.249. The molecule has 0 aromatic carbocycles. The van der Waals surface area contributed by atoms with Crippen LogP contribution in [-0.4, -0.2) is 36.6 Å². The summed E-state index contributed by atoms with van der Waals surface area (Å²) >= 11 is 0. The van der Waals surface area contributed by atoms with Crippen molar-refractivity contribution in [2.24, 2.45) is 11.3 Å². The van der Waals surface area contributed by atoms with Crippen LogP contribution in [0.25, 0.3) is 0 Å². The lowest BCUT2D eigenvalue weighted by molar-refractivity contribution is -0.144. The minimum absolute atomic E-state index is 0.249. The van der Waals surface area contributed by atoms with Gasteiger partial charge in [0.05, 0.1) is 0 Å². The van der Waals surface area contributed by atoms with Crippen molar-refractivity contribution in [1.29, 1.82) is 0 Å². The van der Waals surface area contributed by atoms with Crippen LogP contribution in [0.4, 0.5) is 24.8 Å². The SMILES string of the molecule is CCCCC(CC)CN(C)c1cc(N2CCCC3(CCCCC3)C2)nc(C(F)(F)F)n1. The molecule has 1 atom stereocenters. The normalized spacial score (nSPS) is 20.1. The Morgan fingerprint density at radius 3 is 2.45 bits per heavy atom. The Morgan fingerprint density at radius 1 is 1.10 bits per heavy atom. The van der Waals surface area contributed by atoms with Crippen LogP contribution in [0.15, 0.2) is 6.07 Å². The lowest BCUT2D eigenvalue weighted by Gasteiger charge is -2.46. The van der Waals surface area contributed by atoms with Gasteiger partial charge in [0.25, 0.3) is 0 Å². The number of hydrogen-bond donors (Lipinski definition) is 0. The molecular weight excluding hydrogens is 401 g/mol. The van der Waals surface area contributed by atoms with Crippen molar-refractivity contribution in [3.8, 4) is 0 Å². The van der Waals surface area contributed by atoms with Gasteiger partial charge in [-0.2, -0.15) is 13.2 Å². The summed E-state index contributed by atoms with van der Waals surface area (Å²) in [6.07, 6.45) is 8.15. The van der Waals surface area contributed by atoms with E-state index in [9.17, 15) is 13.2 Å². The topological polar surface area (TPSA) is 32.3 Å². The highest BCUT2D eigenvalue weighted by Gasteiger charge is 2.39. The van der Waals surface area contributed by atoms with Crippen molar-refractivity contribution in [2.75, 3.05) is 36.5 Å². The second-order valence-electron chi connectivity index (χ2n) is 9.79. The molecule has 3 rings (SSSR count). The van der Waals surface area contributed by atoms with E-state index in [1.165, 1.54) is 38.5 Å². The number of alkyl halides is 3. The Morgan fingerprint density at radius 2 is 1.81 bits per heavy atom. The third-order valence-corrected chi connectivity index (χ3v) is 7.32. The zero-order valence-electron chi connectivity index (χ0n) is 19.5. The molecule has 0 N–H and O–H groups in total. The first-order chi connectivity index (χ1) is 14.8. The molecule has 4 nitrogen and oxygen atoms in total. The van der Waals surface area contributed by atoms with Gasteiger partial charge in [0, 0.05) is 32.7 Å². The van der Waals surface area contributed by atoms with Gasteiger partial charge in [0.15, 0.2) is 0 Å². The van der Waals surface area contributed by atoms with Crippen LogP contribution >= 0.6 is 0 Å². The zero-order chi connectivity index (χ0) is 22.5. The molecule has 0 amide bonds. The lowest BCUT2D eigenvalue weighted by atomic mass is 9.69. The Balaban J connectivity index is 1.84. The molecule has 1 unspecified atom stereocenters. The molecule has 31 heavy (non-hydrogen) atoms. The molecule has 176 valence electrons. The average Bonchev–Trinajstić information content (AvgIpc) is 2.76. The molecular formula is C24H39F3N4. The third-order valence-electron chi connectivity index (χ3n) is 7.32. The largest absolute Gasteiger partial charge is 0.451 e. The molecule has 1 saturated carbocycles. The summed E-state index contributed by atoms with van der Waals surface area (Å²) in [5.74, 6) is 0.265. The fourth-order valence-electron chi connectivity index (χ4n) is 5.42. The van der Waals surface area contributed by atoms with Gasteiger partial charge in [0.2, 0.25) is 5.82 Å². The maximum atomic E-state index is 13.7. The first-order valence-corrected chi connectivity index (χ1v) is 12.2. The summed E-state index contributed by atoms with van der Waals surface area (Å²) in [5, 5.41) is 0. The lowest BCUT2D eigenvalue weighted by Crippen LogP contribution is -2.45. The van der Waals surface area contributed by atoms with E-state index in [1.807, 2.05) is 11.9 Å². The molecule has 2 heterocycles. The van der Waals surface area contributed by atoms with Gasteiger partial charge in [0.1, 0.15) is 11.6 Å². The molecule has 1 spiro atoms. The molecule has 0 radical (unpaired) electrons. The summed E-state index contributed by atoms with van der Waals surface area (Å²) in [7, 11) is 1.86. The van der Waals surface area contributed by atoms with Crippen molar-refractivity contribution in [2.45, 2.75) is 90.7 Å². The van der Waals surface area contributed by atoms with E-state index in [2.05, 4.69) is 28.7 Å². The Hall–Kier alpha value is -1.53. The van der Waals surface area contributed by atoms with E-state index in [-0.39, 0.29) is 5.41 Å². The maximum Gasteiger partial charge on any atom is 0.451 e. The predicted molar refractivity (Wildman–Crippen MR) is 121 cm³/mol. The molecule has 0 bridgehead atoms. The maximum absolute atomic E-state index is 13.7. The second kappa shape index (κ2) is 10.4. The van der Waals surface area contributed by atoms with Gasteiger partial charge in [-0.25, -0.2) is 9.97 Å².